The van der Waals surface area contributed by atoms with Crippen molar-refractivity contribution in [3.63, 3.8) is 0 Å². The van der Waals surface area contributed by atoms with E-state index in [1.54, 1.807) is 0 Å². The fraction of sp³-hybridized carbons (Fsp3) is 0.375. The van der Waals surface area contributed by atoms with E-state index >= 15 is 0 Å². The highest BCUT2D eigenvalue weighted by Crippen LogP contribution is 2.28. The Morgan fingerprint density at radius 2 is 1.85 bits per heavy atom. The Bertz CT molecular complexity index is 691. The molecule has 1 aromatic carbocycles. The minimum atomic E-state index is -1.99. The largest absolute Gasteiger partial charge is 0.507 e. The van der Waals surface area contributed by atoms with Gasteiger partial charge in [0.25, 0.3) is 0 Å². The molecule has 0 saturated heterocycles. The topological polar surface area (TPSA) is 145 Å². The Labute approximate surface area is 158 Å². The van der Waals surface area contributed by atoms with Gasteiger partial charge in [-0.3, -0.25) is 4.79 Å². The highest BCUT2D eigenvalue weighted by atomic mass is 35.5. The first-order valence-corrected chi connectivity index (χ1v) is 8.06. The van der Waals surface area contributed by atoms with Crippen molar-refractivity contribution in [1.82, 2.24) is 0 Å². The number of hydrogen-bond acceptors (Lipinski definition) is 8. The van der Waals surface area contributed by atoms with Gasteiger partial charge >= 0.3 is 5.97 Å². The van der Waals surface area contributed by atoms with Gasteiger partial charge in [-0.1, -0.05) is 23.2 Å². The number of aliphatic hydroxyl groups excluding tert-OH is 5. The number of halogens is 2. The molecular weight excluding hydrogens is 391 g/mol. The number of aliphatic hydroxyl groups is 5. The van der Waals surface area contributed by atoms with E-state index in [0.717, 1.165) is 0 Å². The maximum absolute atomic E-state index is 12.1. The van der Waals surface area contributed by atoms with E-state index in [1.807, 2.05) is 0 Å². The van der Waals surface area contributed by atoms with Crippen molar-refractivity contribution >= 4 is 41.2 Å². The van der Waals surface area contributed by atoms with E-state index < -0.39 is 42.8 Å². The summed E-state index contributed by atoms with van der Waals surface area (Å²) in [5.41, 5.74) is -0.241. The predicted octanol–water partition coefficient (Wildman–Crippen LogP) is 0.468. The van der Waals surface area contributed by atoms with Gasteiger partial charge in [0.05, 0.1) is 17.2 Å². The van der Waals surface area contributed by atoms with Gasteiger partial charge in [0.2, 0.25) is 0 Å². The molecule has 0 amide bonds. The van der Waals surface area contributed by atoms with Crippen molar-refractivity contribution in [2.24, 2.45) is 0 Å². The maximum atomic E-state index is 12.1. The van der Waals surface area contributed by atoms with Crippen LogP contribution >= 0.6 is 23.2 Å². The summed E-state index contributed by atoms with van der Waals surface area (Å²) in [5.74, 6) is -1.71. The van der Waals surface area contributed by atoms with Crippen molar-refractivity contribution in [3.05, 3.63) is 39.4 Å². The van der Waals surface area contributed by atoms with Crippen LogP contribution in [-0.2, 0) is 14.3 Å². The number of carbonyl (C=O) groups excluding carboxylic acids is 2. The summed E-state index contributed by atoms with van der Waals surface area (Å²) in [6, 6.07) is 4.14. The van der Waals surface area contributed by atoms with E-state index in [4.69, 9.17) is 33.0 Å². The molecule has 1 aromatic rings. The smallest absolute Gasteiger partial charge is 0.338 e. The first kappa shape index (κ1) is 22.4. The Balaban J connectivity index is 3.00. The van der Waals surface area contributed by atoms with Crippen molar-refractivity contribution < 1.29 is 39.9 Å². The minimum absolute atomic E-state index is 0.0372. The Hall–Kier alpha value is -1.68. The summed E-state index contributed by atoms with van der Waals surface area (Å²) in [6.45, 7) is 0.308. The summed E-state index contributed by atoms with van der Waals surface area (Å²) in [4.78, 5) is 23.1. The van der Waals surface area contributed by atoms with Gasteiger partial charge in [0.15, 0.2) is 12.4 Å². The number of hydrogen-bond donors (Lipinski definition) is 5. The van der Waals surface area contributed by atoms with Gasteiger partial charge in [-0.15, -0.1) is 0 Å². The monoisotopic (exact) mass is 408 g/mol. The summed E-state index contributed by atoms with van der Waals surface area (Å²) >= 11 is 11.7. The molecule has 5 N–H and O–H groups in total. The molecule has 0 unspecified atom stereocenters. The lowest BCUT2D eigenvalue weighted by atomic mass is 10.0. The second kappa shape index (κ2) is 9.86. The lowest BCUT2D eigenvalue weighted by Gasteiger charge is -2.25. The first-order chi connectivity index (χ1) is 12.1. The maximum Gasteiger partial charge on any atom is 0.338 e. The second-order valence-corrected chi connectivity index (χ2v) is 6.18. The molecule has 10 heteroatoms. The molecule has 0 aliphatic rings. The first-order valence-electron chi connectivity index (χ1n) is 7.30. The SMILES string of the molecule is CC(C(=O)O[C@@H](C=O)[C@@H](O)[C@@H](O)[C@H](O)CO)=C(O)c1ccc(Cl)cc1Cl. The third-order valence-corrected chi connectivity index (χ3v) is 4.04. The van der Waals surface area contributed by atoms with Crippen LogP contribution in [0.15, 0.2) is 23.8 Å². The van der Waals surface area contributed by atoms with Crippen molar-refractivity contribution in [2.45, 2.75) is 31.3 Å². The molecule has 0 aromatic heterocycles. The molecule has 8 nitrogen and oxygen atoms in total. The molecule has 0 saturated carbocycles. The second-order valence-electron chi connectivity index (χ2n) is 5.33. The number of benzene rings is 1. The lowest BCUT2D eigenvalue weighted by molar-refractivity contribution is -0.164. The number of carbonyl (C=O) groups is 2. The predicted molar refractivity (Wildman–Crippen MR) is 92.7 cm³/mol. The summed E-state index contributed by atoms with van der Waals surface area (Å²) in [7, 11) is 0. The van der Waals surface area contributed by atoms with Crippen molar-refractivity contribution in [3.8, 4) is 0 Å². The molecular formula is C16H18Cl2O8. The quantitative estimate of drug-likeness (QED) is 0.180. The Morgan fingerprint density at radius 1 is 1.23 bits per heavy atom. The van der Waals surface area contributed by atoms with Crippen LogP contribution in [0.3, 0.4) is 0 Å². The Kier molecular flexibility index (Phi) is 8.48. The summed E-state index contributed by atoms with van der Waals surface area (Å²) in [6.07, 6.45) is -7.49. The zero-order valence-electron chi connectivity index (χ0n) is 13.5. The fourth-order valence-electron chi connectivity index (χ4n) is 1.90. The molecule has 0 aliphatic carbocycles. The lowest BCUT2D eigenvalue weighted by Crippen LogP contribution is -2.48. The highest BCUT2D eigenvalue weighted by molar-refractivity contribution is 6.35. The molecule has 0 bridgehead atoms. The average molecular weight is 409 g/mol. The molecule has 0 fully saturated rings. The molecule has 0 radical (unpaired) electrons. The van der Waals surface area contributed by atoms with Gasteiger partial charge in [-0.25, -0.2) is 4.79 Å². The normalized spacial score (nSPS) is 16.9. The van der Waals surface area contributed by atoms with Gasteiger partial charge < -0.3 is 30.3 Å². The van der Waals surface area contributed by atoms with Gasteiger partial charge in [-0.2, -0.15) is 0 Å². The van der Waals surface area contributed by atoms with Crippen LogP contribution in [0.5, 0.6) is 0 Å². The number of ether oxygens (including phenoxy) is 1. The van der Waals surface area contributed by atoms with Gasteiger partial charge in [0.1, 0.15) is 24.1 Å². The molecule has 26 heavy (non-hydrogen) atoms. The van der Waals surface area contributed by atoms with Gasteiger partial charge in [-0.05, 0) is 25.1 Å². The van der Waals surface area contributed by atoms with Crippen LogP contribution in [0, 0.1) is 0 Å². The van der Waals surface area contributed by atoms with Crippen molar-refractivity contribution in [1.29, 1.82) is 0 Å². The molecule has 1 rings (SSSR count). The van der Waals surface area contributed by atoms with Crippen LogP contribution in [0.2, 0.25) is 10.0 Å². The minimum Gasteiger partial charge on any atom is -0.507 e. The van der Waals surface area contributed by atoms with Crippen molar-refractivity contribution in [2.75, 3.05) is 6.61 Å². The third-order valence-electron chi connectivity index (χ3n) is 3.49. The van der Waals surface area contributed by atoms with E-state index in [0.29, 0.717) is 5.02 Å². The number of aldehydes is 1. The van der Waals surface area contributed by atoms with E-state index in [-0.39, 0.29) is 22.4 Å². The van der Waals surface area contributed by atoms with E-state index in [9.17, 15) is 30.0 Å². The molecule has 0 spiro atoms. The highest BCUT2D eigenvalue weighted by Gasteiger charge is 2.34. The van der Waals surface area contributed by atoms with E-state index in [2.05, 4.69) is 0 Å². The number of rotatable bonds is 8. The summed E-state index contributed by atoms with van der Waals surface area (Å²) in [5, 5.41) is 48.0. The standard InChI is InChI=1S/C16H18Cl2O8/c1-7(13(22)9-3-2-8(17)4-10(9)18)16(25)26-12(6-20)15(24)14(23)11(21)5-19/h2-4,6,11-12,14-15,19,21-24H,5H2,1H3/t11-,12+,14+,15-/m1/s1. The third kappa shape index (κ3) is 5.41. The number of esters is 1. The molecule has 4 atom stereocenters. The summed E-state index contributed by atoms with van der Waals surface area (Å²) < 4.78 is 4.75. The molecule has 144 valence electrons. The van der Waals surface area contributed by atoms with Crippen LogP contribution in [0.4, 0.5) is 0 Å². The fourth-order valence-corrected chi connectivity index (χ4v) is 2.40. The van der Waals surface area contributed by atoms with E-state index in [1.165, 1.54) is 25.1 Å². The zero-order valence-corrected chi connectivity index (χ0v) is 15.1. The van der Waals surface area contributed by atoms with Gasteiger partial charge in [0, 0.05) is 10.6 Å². The molecule has 0 heterocycles. The average Bonchev–Trinajstić information content (AvgIpc) is 2.62. The zero-order chi connectivity index (χ0) is 20.0. The van der Waals surface area contributed by atoms with Crippen LogP contribution in [0.25, 0.3) is 5.76 Å². The Morgan fingerprint density at radius 3 is 2.35 bits per heavy atom. The van der Waals surface area contributed by atoms with Crippen LogP contribution in [-0.4, -0.2) is 68.8 Å². The van der Waals surface area contributed by atoms with Crippen LogP contribution < -0.4 is 0 Å². The molecule has 0 aliphatic heterocycles. The van der Waals surface area contributed by atoms with Crippen LogP contribution in [0.1, 0.15) is 12.5 Å².